The second-order valence-electron chi connectivity index (χ2n) is 17.3. The highest BCUT2D eigenvalue weighted by atomic mass is 31.2. The molecule has 13 nitrogen and oxygen atoms in total. The Morgan fingerprint density at radius 1 is 0.484 bits per heavy atom. The van der Waals surface area contributed by atoms with E-state index in [1.165, 1.54) is 103 Å². The minimum absolute atomic E-state index is 0.0879. The lowest BCUT2D eigenvalue weighted by Crippen LogP contribution is -2.64. The normalized spacial score (nSPS) is 22.0. The van der Waals surface area contributed by atoms with Gasteiger partial charge < -0.3 is 39.9 Å². The SMILES string of the molecule is CCCCCCCC/C=C\CCCCCCCCCC(=O)OC[C@H](COP(=O)(O)OC1C(O)C(O)C(O)[C@@H](O)C1O)OC(=O)CCCCCCC/C=C\CCCCCCCCC. The van der Waals surface area contributed by atoms with Gasteiger partial charge in [0.25, 0.3) is 0 Å². The van der Waals surface area contributed by atoms with Gasteiger partial charge >= 0.3 is 19.8 Å². The first-order valence-corrected chi connectivity index (χ1v) is 26.1. The number of rotatable bonds is 41. The van der Waals surface area contributed by atoms with Crippen molar-refractivity contribution in [2.45, 2.75) is 256 Å². The lowest BCUT2D eigenvalue weighted by Gasteiger charge is -2.41. The van der Waals surface area contributed by atoms with Crippen LogP contribution in [0.1, 0.15) is 213 Å². The van der Waals surface area contributed by atoms with Gasteiger partial charge in [0.1, 0.15) is 43.2 Å². The largest absolute Gasteiger partial charge is 0.472 e. The zero-order chi connectivity index (χ0) is 45.7. The summed E-state index contributed by atoms with van der Waals surface area (Å²) >= 11 is 0. The number of ether oxygens (including phenoxy) is 2. The zero-order valence-electron chi connectivity index (χ0n) is 38.7. The van der Waals surface area contributed by atoms with E-state index in [2.05, 4.69) is 38.2 Å². The van der Waals surface area contributed by atoms with E-state index < -0.39 is 75.7 Å². The average Bonchev–Trinajstić information content (AvgIpc) is 3.25. The maximum atomic E-state index is 12.8. The van der Waals surface area contributed by atoms with Crippen LogP contribution in [-0.2, 0) is 32.7 Å². The summed E-state index contributed by atoms with van der Waals surface area (Å²) in [7, 11) is -5.12. The first kappa shape index (κ1) is 58.3. The molecule has 0 aromatic heterocycles. The predicted octanol–water partition coefficient (Wildman–Crippen LogP) is 10.0. The molecule has 0 radical (unpaired) electrons. The summed E-state index contributed by atoms with van der Waals surface area (Å²) in [5.41, 5.74) is 0. The molecule has 364 valence electrons. The molecule has 1 aliphatic rings. The van der Waals surface area contributed by atoms with Crippen molar-refractivity contribution in [2.75, 3.05) is 13.2 Å². The highest BCUT2D eigenvalue weighted by Gasteiger charge is 2.51. The summed E-state index contributed by atoms with van der Waals surface area (Å²) in [6, 6.07) is 0. The van der Waals surface area contributed by atoms with Gasteiger partial charge in [-0.3, -0.25) is 18.6 Å². The number of hydrogen-bond acceptors (Lipinski definition) is 12. The fraction of sp³-hybridized carbons (Fsp3) is 0.875. The van der Waals surface area contributed by atoms with E-state index >= 15 is 0 Å². The van der Waals surface area contributed by atoms with Crippen LogP contribution in [0.15, 0.2) is 24.3 Å². The van der Waals surface area contributed by atoms with E-state index in [1.807, 2.05) is 0 Å². The van der Waals surface area contributed by atoms with Crippen LogP contribution in [0.2, 0.25) is 0 Å². The van der Waals surface area contributed by atoms with Gasteiger partial charge in [0.2, 0.25) is 0 Å². The Balaban J connectivity index is 2.43. The molecule has 0 heterocycles. The van der Waals surface area contributed by atoms with E-state index in [9.17, 15) is 44.6 Å². The molecule has 1 fully saturated rings. The molecule has 62 heavy (non-hydrogen) atoms. The van der Waals surface area contributed by atoms with Gasteiger partial charge in [-0.05, 0) is 64.2 Å². The molecule has 1 saturated carbocycles. The Morgan fingerprint density at radius 2 is 0.823 bits per heavy atom. The number of unbranched alkanes of at least 4 members (excludes halogenated alkanes) is 25. The third-order valence-corrected chi connectivity index (χ3v) is 12.5. The maximum Gasteiger partial charge on any atom is 0.472 e. The molecule has 8 atom stereocenters. The van der Waals surface area contributed by atoms with E-state index in [0.717, 1.165) is 70.6 Å². The molecule has 1 rings (SSSR count). The number of carbonyl (C=O) groups is 2. The topological polar surface area (TPSA) is 210 Å². The summed E-state index contributed by atoms with van der Waals surface area (Å²) < 4.78 is 33.6. The van der Waals surface area contributed by atoms with E-state index in [4.69, 9.17) is 18.5 Å². The molecular formula is C48H89O13P. The van der Waals surface area contributed by atoms with Crippen molar-refractivity contribution < 1.29 is 63.1 Å². The number of hydrogen-bond donors (Lipinski definition) is 6. The second kappa shape index (κ2) is 38.6. The molecule has 0 saturated heterocycles. The molecule has 0 amide bonds. The van der Waals surface area contributed by atoms with Crippen LogP contribution < -0.4 is 0 Å². The van der Waals surface area contributed by atoms with Crippen molar-refractivity contribution >= 4 is 19.8 Å². The van der Waals surface area contributed by atoms with E-state index in [1.54, 1.807) is 0 Å². The van der Waals surface area contributed by atoms with Crippen LogP contribution in [0, 0.1) is 0 Å². The molecule has 6 unspecified atom stereocenters. The van der Waals surface area contributed by atoms with Crippen molar-refractivity contribution in [2.24, 2.45) is 0 Å². The van der Waals surface area contributed by atoms with E-state index in [0.29, 0.717) is 12.8 Å². The summed E-state index contributed by atoms with van der Waals surface area (Å²) in [5, 5.41) is 50.2. The molecule has 14 heteroatoms. The zero-order valence-corrected chi connectivity index (χ0v) is 39.6. The predicted molar refractivity (Wildman–Crippen MR) is 244 cm³/mol. The van der Waals surface area contributed by atoms with Gasteiger partial charge in [-0.2, -0.15) is 0 Å². The van der Waals surface area contributed by atoms with Gasteiger partial charge in [0, 0.05) is 12.8 Å². The van der Waals surface area contributed by atoms with Crippen LogP contribution in [0.5, 0.6) is 0 Å². The lowest BCUT2D eigenvalue weighted by molar-refractivity contribution is -0.220. The Morgan fingerprint density at radius 3 is 1.23 bits per heavy atom. The van der Waals surface area contributed by atoms with E-state index in [-0.39, 0.29) is 12.8 Å². The number of esters is 2. The minimum atomic E-state index is -5.12. The smallest absolute Gasteiger partial charge is 0.462 e. The fourth-order valence-electron chi connectivity index (χ4n) is 7.51. The van der Waals surface area contributed by atoms with Crippen LogP contribution in [0.25, 0.3) is 0 Å². The minimum Gasteiger partial charge on any atom is -0.462 e. The first-order valence-electron chi connectivity index (χ1n) is 24.6. The Kier molecular flexibility index (Phi) is 36.3. The highest BCUT2D eigenvalue weighted by Crippen LogP contribution is 2.47. The van der Waals surface area contributed by atoms with Crippen LogP contribution >= 0.6 is 7.82 Å². The first-order chi connectivity index (χ1) is 29.9. The van der Waals surface area contributed by atoms with Crippen LogP contribution in [0.3, 0.4) is 0 Å². The number of phosphoric ester groups is 1. The summed E-state index contributed by atoms with van der Waals surface area (Å²) in [5.74, 6) is -1.11. The molecule has 0 bridgehead atoms. The van der Waals surface area contributed by atoms with Crippen molar-refractivity contribution in [3.05, 3.63) is 24.3 Å². The van der Waals surface area contributed by atoms with Crippen molar-refractivity contribution in [3.8, 4) is 0 Å². The van der Waals surface area contributed by atoms with Gasteiger partial charge in [0.05, 0.1) is 6.61 Å². The molecular weight excluding hydrogens is 815 g/mol. The van der Waals surface area contributed by atoms with Gasteiger partial charge in [-0.15, -0.1) is 0 Å². The number of allylic oxidation sites excluding steroid dienone is 4. The molecule has 0 aliphatic heterocycles. The highest BCUT2D eigenvalue weighted by molar-refractivity contribution is 7.47. The summed E-state index contributed by atoms with van der Waals surface area (Å²) in [6.45, 7) is 3.30. The van der Waals surface area contributed by atoms with Crippen molar-refractivity contribution in [1.82, 2.24) is 0 Å². The number of phosphoric acid groups is 1. The average molecular weight is 905 g/mol. The van der Waals surface area contributed by atoms with Crippen molar-refractivity contribution in [1.29, 1.82) is 0 Å². The molecule has 0 spiro atoms. The van der Waals surface area contributed by atoms with Crippen LogP contribution in [0.4, 0.5) is 0 Å². The number of aliphatic hydroxyl groups is 5. The van der Waals surface area contributed by atoms with Gasteiger partial charge in [-0.1, -0.05) is 160 Å². The van der Waals surface area contributed by atoms with Gasteiger partial charge in [0.15, 0.2) is 6.10 Å². The lowest BCUT2D eigenvalue weighted by atomic mass is 9.85. The number of carbonyl (C=O) groups excluding carboxylic acids is 2. The molecule has 1 aliphatic carbocycles. The quantitative estimate of drug-likeness (QED) is 0.0146. The monoisotopic (exact) mass is 905 g/mol. The van der Waals surface area contributed by atoms with Gasteiger partial charge in [-0.25, -0.2) is 4.57 Å². The maximum absolute atomic E-state index is 12.8. The number of aliphatic hydroxyl groups excluding tert-OH is 5. The Bertz CT molecular complexity index is 1180. The van der Waals surface area contributed by atoms with Crippen LogP contribution in [-0.4, -0.2) is 98.3 Å². The Hall–Kier alpha value is -1.67. The third kappa shape index (κ3) is 30.5. The summed E-state index contributed by atoms with van der Waals surface area (Å²) in [6.07, 6.45) is 29.4. The second-order valence-corrected chi connectivity index (χ2v) is 18.7. The Labute approximate surface area is 375 Å². The molecule has 6 N–H and O–H groups in total. The molecule has 0 aromatic rings. The fourth-order valence-corrected chi connectivity index (χ4v) is 8.49. The summed E-state index contributed by atoms with van der Waals surface area (Å²) in [4.78, 5) is 35.8. The third-order valence-electron chi connectivity index (χ3n) is 11.5. The standard InChI is InChI=1S/C48H89O13P/c1-3-5-7-9-11-13-15-17-19-21-23-24-26-28-30-32-34-36-41(49)58-38-40(39-59-62(56,57)61-48-46(54)44(52)43(51)45(53)47(48)55)60-42(50)37-35-33-31-29-27-25-22-20-18-16-14-12-10-8-6-4-2/h17,19-20,22,40,43-48,51-55H,3-16,18,21,23-39H2,1-2H3,(H,56,57)/b19-17-,22-20-/t40-,43?,44-,45?,46?,47?,48?/m1/s1. The van der Waals surface area contributed by atoms with Crippen molar-refractivity contribution in [3.63, 3.8) is 0 Å². The molecule has 0 aromatic carbocycles.